The molecule has 108 valence electrons. The zero-order valence-corrected chi connectivity index (χ0v) is 11.3. The summed E-state index contributed by atoms with van der Waals surface area (Å²) in [5.41, 5.74) is 3.08. The Morgan fingerprint density at radius 1 is 1.00 bits per heavy atom. The van der Waals surface area contributed by atoms with E-state index in [2.05, 4.69) is 5.32 Å². The van der Waals surface area contributed by atoms with Crippen LogP contribution >= 0.6 is 0 Å². The van der Waals surface area contributed by atoms with Gasteiger partial charge in [-0.25, -0.2) is 0 Å². The maximum atomic E-state index is 9.77. The molecule has 2 heterocycles. The average molecular weight is 285 g/mol. The predicted octanol–water partition coefficient (Wildman–Crippen LogP) is 2.06. The summed E-state index contributed by atoms with van der Waals surface area (Å²) in [6.45, 7) is 1.07. The Labute approximate surface area is 121 Å². The minimum atomic E-state index is -0.0943. The summed E-state index contributed by atoms with van der Waals surface area (Å²) in [5.74, 6) is 1.33. The van der Waals surface area contributed by atoms with E-state index in [1.54, 1.807) is 12.1 Å². The van der Waals surface area contributed by atoms with E-state index < -0.39 is 0 Å². The predicted molar refractivity (Wildman–Crippen MR) is 75.9 cm³/mol. The van der Waals surface area contributed by atoms with Crippen molar-refractivity contribution in [2.24, 2.45) is 0 Å². The van der Waals surface area contributed by atoms with Gasteiger partial charge in [-0.2, -0.15) is 0 Å². The summed E-state index contributed by atoms with van der Waals surface area (Å²) in [4.78, 5) is 0. The van der Waals surface area contributed by atoms with Crippen LogP contribution in [0.3, 0.4) is 0 Å². The molecular formula is C16H15NO4. The van der Waals surface area contributed by atoms with Crippen LogP contribution < -0.4 is 14.8 Å². The van der Waals surface area contributed by atoms with E-state index in [9.17, 15) is 10.2 Å². The van der Waals surface area contributed by atoms with Crippen molar-refractivity contribution in [2.75, 3.05) is 13.3 Å². The minimum absolute atomic E-state index is 0.0326. The SMILES string of the molecule is Oc1cc2c(cc1O)[C@H](c1ccc3c(c1)OCO3)NCC2. The van der Waals surface area contributed by atoms with Gasteiger partial charge in [-0.05, 0) is 47.4 Å². The summed E-state index contributed by atoms with van der Waals surface area (Å²) in [6.07, 6.45) is 0.824. The van der Waals surface area contributed by atoms with Gasteiger partial charge in [0.05, 0.1) is 6.04 Å². The highest BCUT2D eigenvalue weighted by Crippen LogP contribution is 2.39. The zero-order chi connectivity index (χ0) is 14.4. The number of rotatable bonds is 1. The number of benzene rings is 2. The highest BCUT2D eigenvalue weighted by atomic mass is 16.7. The normalized spacial score (nSPS) is 19.3. The zero-order valence-electron chi connectivity index (χ0n) is 11.3. The summed E-state index contributed by atoms with van der Waals surface area (Å²) in [6, 6.07) is 9.09. The van der Waals surface area contributed by atoms with Crippen molar-refractivity contribution < 1.29 is 19.7 Å². The molecule has 0 bridgehead atoms. The van der Waals surface area contributed by atoms with Crippen LogP contribution in [-0.2, 0) is 6.42 Å². The molecule has 0 aromatic heterocycles. The van der Waals surface area contributed by atoms with Gasteiger partial charge in [-0.3, -0.25) is 0 Å². The molecule has 2 aromatic carbocycles. The maximum Gasteiger partial charge on any atom is 0.231 e. The van der Waals surface area contributed by atoms with Gasteiger partial charge in [0.15, 0.2) is 23.0 Å². The van der Waals surface area contributed by atoms with E-state index in [0.29, 0.717) is 0 Å². The Morgan fingerprint density at radius 3 is 2.71 bits per heavy atom. The third-order valence-corrected chi connectivity index (χ3v) is 4.02. The molecule has 2 aromatic rings. The molecule has 0 spiro atoms. The van der Waals surface area contributed by atoms with Crippen molar-refractivity contribution in [1.82, 2.24) is 5.32 Å². The minimum Gasteiger partial charge on any atom is -0.504 e. The number of hydrogen-bond acceptors (Lipinski definition) is 5. The topological polar surface area (TPSA) is 71.0 Å². The molecule has 2 aliphatic rings. The smallest absolute Gasteiger partial charge is 0.231 e. The molecule has 2 aliphatic heterocycles. The molecule has 0 aliphatic carbocycles. The fourth-order valence-corrected chi connectivity index (χ4v) is 2.97. The number of fused-ring (bicyclic) bond motifs is 2. The van der Waals surface area contributed by atoms with Gasteiger partial charge in [-0.1, -0.05) is 6.07 Å². The Bertz CT molecular complexity index is 714. The van der Waals surface area contributed by atoms with Gasteiger partial charge < -0.3 is 25.0 Å². The molecule has 0 fully saturated rings. The first-order valence-corrected chi connectivity index (χ1v) is 6.90. The Balaban J connectivity index is 1.79. The fourth-order valence-electron chi connectivity index (χ4n) is 2.97. The largest absolute Gasteiger partial charge is 0.504 e. The molecule has 5 nitrogen and oxygen atoms in total. The van der Waals surface area contributed by atoms with Crippen LogP contribution in [0.25, 0.3) is 0 Å². The highest BCUT2D eigenvalue weighted by molar-refractivity contribution is 5.52. The highest BCUT2D eigenvalue weighted by Gasteiger charge is 2.25. The van der Waals surface area contributed by atoms with Crippen molar-refractivity contribution in [1.29, 1.82) is 0 Å². The van der Waals surface area contributed by atoms with Crippen molar-refractivity contribution in [3.8, 4) is 23.0 Å². The van der Waals surface area contributed by atoms with E-state index in [-0.39, 0.29) is 24.3 Å². The van der Waals surface area contributed by atoms with E-state index in [1.165, 1.54) is 0 Å². The van der Waals surface area contributed by atoms with Crippen LogP contribution in [0, 0.1) is 0 Å². The van der Waals surface area contributed by atoms with Crippen LogP contribution in [-0.4, -0.2) is 23.6 Å². The number of ether oxygens (including phenoxy) is 2. The lowest BCUT2D eigenvalue weighted by atomic mass is 9.89. The molecule has 0 unspecified atom stereocenters. The third kappa shape index (κ3) is 1.97. The Morgan fingerprint density at radius 2 is 1.81 bits per heavy atom. The van der Waals surface area contributed by atoms with Gasteiger partial charge in [-0.15, -0.1) is 0 Å². The number of phenols is 2. The van der Waals surface area contributed by atoms with Crippen LogP contribution in [0.5, 0.6) is 23.0 Å². The van der Waals surface area contributed by atoms with Gasteiger partial charge in [0.25, 0.3) is 0 Å². The van der Waals surface area contributed by atoms with E-state index >= 15 is 0 Å². The molecule has 0 amide bonds. The van der Waals surface area contributed by atoms with Gasteiger partial charge in [0.1, 0.15) is 0 Å². The molecule has 3 N–H and O–H groups in total. The maximum absolute atomic E-state index is 9.77. The molecule has 1 atom stereocenters. The standard InChI is InChI=1S/C16H15NO4/c18-12-5-9-3-4-17-16(11(9)7-13(12)19)10-1-2-14-15(6-10)21-8-20-14/h1-2,5-7,16-19H,3-4,8H2/t16-/m0/s1. The van der Waals surface area contributed by atoms with Crippen LogP contribution in [0.1, 0.15) is 22.7 Å². The first-order chi connectivity index (χ1) is 10.2. The van der Waals surface area contributed by atoms with Crippen molar-refractivity contribution in [2.45, 2.75) is 12.5 Å². The second-order valence-electron chi connectivity index (χ2n) is 5.29. The van der Waals surface area contributed by atoms with Crippen LogP contribution in [0.4, 0.5) is 0 Å². The van der Waals surface area contributed by atoms with Gasteiger partial charge >= 0.3 is 0 Å². The average Bonchev–Trinajstić information content (AvgIpc) is 2.95. The van der Waals surface area contributed by atoms with E-state index in [4.69, 9.17) is 9.47 Å². The lowest BCUT2D eigenvalue weighted by Gasteiger charge is -2.28. The van der Waals surface area contributed by atoms with Crippen molar-refractivity contribution >= 4 is 0 Å². The second kappa shape index (κ2) is 4.56. The van der Waals surface area contributed by atoms with Crippen molar-refractivity contribution in [3.63, 3.8) is 0 Å². The van der Waals surface area contributed by atoms with Gasteiger partial charge in [0.2, 0.25) is 6.79 Å². The molecule has 4 rings (SSSR count). The second-order valence-corrected chi connectivity index (χ2v) is 5.29. The number of hydrogen-bond donors (Lipinski definition) is 3. The van der Waals surface area contributed by atoms with Crippen LogP contribution in [0.2, 0.25) is 0 Å². The first-order valence-electron chi connectivity index (χ1n) is 6.90. The molecular weight excluding hydrogens is 270 g/mol. The summed E-state index contributed by atoms with van der Waals surface area (Å²) in [5, 5.41) is 22.9. The Kier molecular flexibility index (Phi) is 2.68. The Hall–Kier alpha value is -2.40. The summed E-state index contributed by atoms with van der Waals surface area (Å²) < 4.78 is 10.8. The summed E-state index contributed by atoms with van der Waals surface area (Å²) in [7, 11) is 0. The van der Waals surface area contributed by atoms with Gasteiger partial charge in [0, 0.05) is 6.54 Å². The third-order valence-electron chi connectivity index (χ3n) is 4.02. The summed E-state index contributed by atoms with van der Waals surface area (Å²) >= 11 is 0. The number of phenolic OH excluding ortho intramolecular Hbond substituents is 2. The van der Waals surface area contributed by atoms with E-state index in [1.807, 2.05) is 18.2 Å². The first kappa shape index (κ1) is 12.3. The fraction of sp³-hybridized carbons (Fsp3) is 0.250. The lowest BCUT2D eigenvalue weighted by Crippen LogP contribution is -2.30. The van der Waals surface area contributed by atoms with Crippen molar-refractivity contribution in [3.05, 3.63) is 47.0 Å². The molecule has 21 heavy (non-hydrogen) atoms. The number of aromatic hydroxyl groups is 2. The molecule has 0 saturated heterocycles. The molecule has 0 saturated carbocycles. The monoisotopic (exact) mass is 285 g/mol. The quantitative estimate of drug-likeness (QED) is 0.700. The molecule has 0 radical (unpaired) electrons. The lowest BCUT2D eigenvalue weighted by molar-refractivity contribution is 0.174. The number of nitrogens with one attached hydrogen (secondary N) is 1. The molecule has 5 heteroatoms. The van der Waals surface area contributed by atoms with E-state index in [0.717, 1.165) is 41.2 Å². The van der Waals surface area contributed by atoms with Crippen LogP contribution in [0.15, 0.2) is 30.3 Å².